The van der Waals surface area contributed by atoms with Crippen LogP contribution in [0.5, 0.6) is 0 Å². The third-order valence-electron chi connectivity index (χ3n) is 3.99. The van der Waals surface area contributed by atoms with Crippen molar-refractivity contribution in [2.24, 2.45) is 0 Å². The lowest BCUT2D eigenvalue weighted by molar-refractivity contribution is 0.102. The van der Waals surface area contributed by atoms with Crippen molar-refractivity contribution in [1.29, 1.82) is 0 Å². The lowest BCUT2D eigenvalue weighted by Crippen LogP contribution is -2.19. The Morgan fingerprint density at radius 1 is 1.11 bits per heavy atom. The fourth-order valence-corrected chi connectivity index (χ4v) is 3.63. The molecule has 0 saturated carbocycles. The van der Waals surface area contributed by atoms with Gasteiger partial charge in [0.25, 0.3) is 11.5 Å². The molecule has 4 rings (SSSR count). The molecule has 6 nitrogen and oxygen atoms in total. The highest BCUT2D eigenvalue weighted by Gasteiger charge is 2.13. The number of hydrogen-bond acceptors (Lipinski definition) is 4. The number of amides is 1. The molecule has 27 heavy (non-hydrogen) atoms. The number of aromatic amines is 1. The van der Waals surface area contributed by atoms with Crippen molar-refractivity contribution in [2.75, 3.05) is 5.32 Å². The predicted molar refractivity (Wildman–Crippen MR) is 106 cm³/mol. The van der Waals surface area contributed by atoms with E-state index in [1.807, 2.05) is 47.1 Å². The summed E-state index contributed by atoms with van der Waals surface area (Å²) in [6.07, 6.45) is 5.46. The third kappa shape index (κ3) is 3.78. The van der Waals surface area contributed by atoms with Crippen molar-refractivity contribution in [1.82, 2.24) is 14.4 Å². The molecular weight excluding hydrogens is 360 g/mol. The van der Waals surface area contributed by atoms with Crippen LogP contribution in [0.2, 0.25) is 0 Å². The molecule has 0 radical (unpaired) electrons. The molecule has 1 aromatic carbocycles. The number of imidazole rings is 1. The number of carbonyl (C=O) groups excluding carboxylic acids is 1. The van der Waals surface area contributed by atoms with Crippen molar-refractivity contribution >= 4 is 29.0 Å². The molecule has 1 amide bonds. The van der Waals surface area contributed by atoms with Gasteiger partial charge in [0.1, 0.15) is 11.3 Å². The first kappa shape index (κ1) is 17.1. The molecule has 3 aromatic heterocycles. The Morgan fingerprint density at radius 3 is 2.81 bits per heavy atom. The third-order valence-corrected chi connectivity index (χ3v) is 5.09. The number of fused-ring (bicyclic) bond motifs is 1. The molecule has 0 aliphatic heterocycles. The van der Waals surface area contributed by atoms with Gasteiger partial charge >= 0.3 is 0 Å². The van der Waals surface area contributed by atoms with Crippen molar-refractivity contribution in [2.45, 2.75) is 10.6 Å². The Morgan fingerprint density at radius 2 is 1.96 bits per heavy atom. The average molecular weight is 376 g/mol. The van der Waals surface area contributed by atoms with E-state index >= 15 is 0 Å². The standard InChI is InChI=1S/C20H16N4O2S/c25-19(23-16-7-5-10-21-20(16)26)15-6-1-2-8-17(15)27-13-14-12-24-11-4-3-9-18(24)22-14/h1-12H,13H2,(H,21,26)(H,23,25). The second-order valence-electron chi connectivity index (χ2n) is 5.85. The van der Waals surface area contributed by atoms with Gasteiger partial charge in [0.05, 0.1) is 11.3 Å². The number of anilines is 1. The maximum atomic E-state index is 12.6. The Labute approximate surface area is 159 Å². The number of aromatic nitrogens is 3. The summed E-state index contributed by atoms with van der Waals surface area (Å²) in [4.78, 5) is 32.4. The summed E-state index contributed by atoms with van der Waals surface area (Å²) in [5.74, 6) is 0.322. The van der Waals surface area contributed by atoms with E-state index < -0.39 is 0 Å². The molecular formula is C20H16N4O2S. The summed E-state index contributed by atoms with van der Waals surface area (Å²) in [5, 5.41) is 2.67. The smallest absolute Gasteiger partial charge is 0.271 e. The molecule has 134 valence electrons. The number of rotatable bonds is 5. The molecule has 0 saturated heterocycles. The van der Waals surface area contributed by atoms with Crippen molar-refractivity contribution in [3.8, 4) is 0 Å². The van der Waals surface area contributed by atoms with Crippen LogP contribution in [-0.2, 0) is 5.75 Å². The minimum Gasteiger partial charge on any atom is -0.327 e. The predicted octanol–water partition coefficient (Wildman–Crippen LogP) is 3.57. The number of nitrogens with zero attached hydrogens (tertiary/aromatic N) is 2. The topological polar surface area (TPSA) is 79.3 Å². The molecule has 7 heteroatoms. The monoisotopic (exact) mass is 376 g/mol. The van der Waals surface area contributed by atoms with E-state index in [0.717, 1.165) is 16.2 Å². The second-order valence-corrected chi connectivity index (χ2v) is 6.87. The van der Waals surface area contributed by atoms with Gasteiger partial charge in [0.2, 0.25) is 0 Å². The van der Waals surface area contributed by atoms with E-state index in [-0.39, 0.29) is 17.2 Å². The van der Waals surface area contributed by atoms with Crippen LogP contribution in [0, 0.1) is 0 Å². The van der Waals surface area contributed by atoms with Crippen LogP contribution in [0.15, 0.2) is 82.9 Å². The van der Waals surface area contributed by atoms with E-state index in [0.29, 0.717) is 11.3 Å². The average Bonchev–Trinajstić information content (AvgIpc) is 3.11. The summed E-state index contributed by atoms with van der Waals surface area (Å²) in [6, 6.07) is 16.4. The van der Waals surface area contributed by atoms with Gasteiger partial charge in [-0.15, -0.1) is 11.8 Å². The van der Waals surface area contributed by atoms with Gasteiger partial charge in [0.15, 0.2) is 0 Å². The number of benzene rings is 1. The highest BCUT2D eigenvalue weighted by atomic mass is 32.2. The van der Waals surface area contributed by atoms with Crippen molar-refractivity contribution < 1.29 is 4.79 Å². The normalized spacial score (nSPS) is 10.8. The van der Waals surface area contributed by atoms with E-state index in [2.05, 4.69) is 15.3 Å². The fraction of sp³-hybridized carbons (Fsp3) is 0.0500. The highest BCUT2D eigenvalue weighted by molar-refractivity contribution is 7.98. The number of hydrogen-bond donors (Lipinski definition) is 2. The number of carbonyl (C=O) groups is 1. The largest absolute Gasteiger partial charge is 0.327 e. The maximum Gasteiger partial charge on any atom is 0.271 e. The van der Waals surface area contributed by atoms with Gasteiger partial charge in [-0.05, 0) is 36.4 Å². The first-order chi connectivity index (χ1) is 13.2. The molecule has 0 spiro atoms. The van der Waals surface area contributed by atoms with Crippen molar-refractivity contribution in [3.63, 3.8) is 0 Å². The molecule has 0 atom stereocenters. The Balaban J connectivity index is 1.53. The minimum atomic E-state index is -0.333. The summed E-state index contributed by atoms with van der Waals surface area (Å²) in [6.45, 7) is 0. The van der Waals surface area contributed by atoms with Gasteiger partial charge in [-0.25, -0.2) is 4.98 Å². The van der Waals surface area contributed by atoms with Gasteiger partial charge in [-0.1, -0.05) is 18.2 Å². The van der Waals surface area contributed by atoms with Gasteiger partial charge in [0, 0.05) is 29.2 Å². The summed E-state index contributed by atoms with van der Waals surface area (Å²) in [5.41, 5.74) is 2.24. The Hall–Kier alpha value is -3.32. The second kappa shape index (κ2) is 7.51. The minimum absolute atomic E-state index is 0.225. The van der Waals surface area contributed by atoms with Crippen LogP contribution in [-0.4, -0.2) is 20.3 Å². The fourth-order valence-electron chi connectivity index (χ4n) is 2.70. The highest BCUT2D eigenvalue weighted by Crippen LogP contribution is 2.26. The molecule has 0 aliphatic rings. The van der Waals surface area contributed by atoms with Crippen LogP contribution in [0.1, 0.15) is 16.1 Å². The SMILES string of the molecule is O=C(Nc1ccc[nH]c1=O)c1ccccc1SCc1cn2ccccc2n1. The first-order valence-electron chi connectivity index (χ1n) is 8.34. The van der Waals surface area contributed by atoms with E-state index in [9.17, 15) is 9.59 Å². The van der Waals surface area contributed by atoms with Gasteiger partial charge in [-0.2, -0.15) is 0 Å². The van der Waals surface area contributed by atoms with E-state index in [1.165, 1.54) is 18.0 Å². The molecule has 2 N–H and O–H groups in total. The van der Waals surface area contributed by atoms with Crippen LogP contribution in [0.4, 0.5) is 5.69 Å². The zero-order valence-corrected chi connectivity index (χ0v) is 15.1. The molecule has 0 bridgehead atoms. The van der Waals surface area contributed by atoms with E-state index in [4.69, 9.17) is 0 Å². The van der Waals surface area contributed by atoms with E-state index in [1.54, 1.807) is 24.3 Å². The van der Waals surface area contributed by atoms with Gasteiger partial charge < -0.3 is 14.7 Å². The molecule has 4 aromatic rings. The summed E-state index contributed by atoms with van der Waals surface area (Å²) < 4.78 is 1.97. The maximum absolute atomic E-state index is 12.6. The zero-order chi connectivity index (χ0) is 18.6. The van der Waals surface area contributed by atoms with Crippen LogP contribution < -0.4 is 10.9 Å². The van der Waals surface area contributed by atoms with Crippen LogP contribution >= 0.6 is 11.8 Å². The van der Waals surface area contributed by atoms with Crippen LogP contribution in [0.25, 0.3) is 5.65 Å². The summed E-state index contributed by atoms with van der Waals surface area (Å²) >= 11 is 1.54. The lowest BCUT2D eigenvalue weighted by atomic mass is 10.2. The number of thioether (sulfide) groups is 1. The molecule has 0 unspecified atom stereocenters. The Kier molecular flexibility index (Phi) is 4.76. The number of pyridine rings is 2. The molecule has 0 fully saturated rings. The zero-order valence-electron chi connectivity index (χ0n) is 14.3. The Bertz CT molecular complexity index is 1130. The number of nitrogens with one attached hydrogen (secondary N) is 2. The van der Waals surface area contributed by atoms with Gasteiger partial charge in [-0.3, -0.25) is 9.59 Å². The van der Waals surface area contributed by atoms with Crippen molar-refractivity contribution in [3.05, 3.63) is 94.8 Å². The molecule has 0 aliphatic carbocycles. The first-order valence-corrected chi connectivity index (χ1v) is 9.33. The quantitative estimate of drug-likeness (QED) is 0.522. The molecule has 3 heterocycles. The summed E-state index contributed by atoms with van der Waals surface area (Å²) in [7, 11) is 0. The number of H-pyrrole nitrogens is 1. The lowest BCUT2D eigenvalue weighted by Gasteiger charge is -2.09. The van der Waals surface area contributed by atoms with Crippen LogP contribution in [0.3, 0.4) is 0 Å².